The Bertz CT molecular complexity index is 645. The number of aromatic nitrogens is 1. The summed E-state index contributed by atoms with van der Waals surface area (Å²) >= 11 is 1.75. The molecule has 1 saturated carbocycles. The fourth-order valence-electron chi connectivity index (χ4n) is 2.17. The molecule has 0 atom stereocenters. The van der Waals surface area contributed by atoms with Crippen LogP contribution in [-0.2, 0) is 0 Å². The van der Waals surface area contributed by atoms with E-state index in [0.717, 1.165) is 10.5 Å². The Kier molecular flexibility index (Phi) is 2.86. The number of benzene rings is 1. The van der Waals surface area contributed by atoms with Crippen LogP contribution in [0.25, 0.3) is 0 Å². The molecule has 1 heterocycles. The largest absolute Gasteiger partial charge is 0.318 e. The van der Waals surface area contributed by atoms with E-state index in [-0.39, 0.29) is 0 Å². The van der Waals surface area contributed by atoms with Gasteiger partial charge in [-0.3, -0.25) is 0 Å². The number of aryl methyl sites for hydroxylation is 3. The molecule has 1 fully saturated rings. The summed E-state index contributed by atoms with van der Waals surface area (Å²) in [5.74, 6) is 0. The number of nitrogens with zero attached hydrogens (tertiary/aromatic N) is 2. The van der Waals surface area contributed by atoms with Crippen molar-refractivity contribution in [1.82, 2.24) is 4.57 Å². The molecule has 2 aromatic rings. The van der Waals surface area contributed by atoms with Crippen molar-refractivity contribution in [2.75, 3.05) is 0 Å². The van der Waals surface area contributed by atoms with Gasteiger partial charge in [0.1, 0.15) is 0 Å². The molecule has 0 spiro atoms. The standard InChI is InChI=1S/C15H18N2S/c1-10-4-5-13(8-11(10)2)16-15-17(14-6-7-14)12(3)9-18-15/h4-5,8-9,14H,6-7H2,1-3H3. The summed E-state index contributed by atoms with van der Waals surface area (Å²) in [5, 5.41) is 2.21. The Morgan fingerprint density at radius 3 is 2.61 bits per heavy atom. The van der Waals surface area contributed by atoms with E-state index in [2.05, 4.69) is 48.9 Å². The minimum Gasteiger partial charge on any atom is -0.318 e. The predicted octanol–water partition coefficient (Wildman–Crippen LogP) is 4.04. The van der Waals surface area contributed by atoms with Crippen LogP contribution in [0.4, 0.5) is 5.69 Å². The van der Waals surface area contributed by atoms with Crippen LogP contribution < -0.4 is 4.80 Å². The monoisotopic (exact) mass is 258 g/mol. The molecule has 0 saturated heterocycles. The Hall–Kier alpha value is -1.35. The zero-order chi connectivity index (χ0) is 12.7. The fraction of sp³-hybridized carbons (Fsp3) is 0.400. The lowest BCUT2D eigenvalue weighted by Crippen LogP contribution is -2.14. The molecule has 2 nitrogen and oxygen atoms in total. The lowest BCUT2D eigenvalue weighted by molar-refractivity contribution is 0.693. The van der Waals surface area contributed by atoms with Crippen LogP contribution in [0.3, 0.4) is 0 Å². The van der Waals surface area contributed by atoms with Crippen molar-refractivity contribution >= 4 is 17.0 Å². The maximum absolute atomic E-state index is 4.81. The van der Waals surface area contributed by atoms with E-state index < -0.39 is 0 Å². The number of hydrogen-bond acceptors (Lipinski definition) is 2. The highest BCUT2D eigenvalue weighted by atomic mass is 32.1. The van der Waals surface area contributed by atoms with Gasteiger partial charge in [-0.05, 0) is 56.9 Å². The van der Waals surface area contributed by atoms with E-state index in [1.807, 2.05) is 0 Å². The van der Waals surface area contributed by atoms with Gasteiger partial charge in [-0.1, -0.05) is 6.07 Å². The summed E-state index contributed by atoms with van der Waals surface area (Å²) in [5.41, 5.74) is 5.04. The van der Waals surface area contributed by atoms with E-state index in [4.69, 9.17) is 4.99 Å². The van der Waals surface area contributed by atoms with Gasteiger partial charge in [-0.15, -0.1) is 11.3 Å². The smallest absolute Gasteiger partial charge is 0.190 e. The fourth-order valence-corrected chi connectivity index (χ4v) is 3.12. The maximum Gasteiger partial charge on any atom is 0.190 e. The van der Waals surface area contributed by atoms with Crippen molar-refractivity contribution in [1.29, 1.82) is 0 Å². The lowest BCUT2D eigenvalue weighted by Gasteiger charge is -2.03. The molecule has 0 aliphatic heterocycles. The zero-order valence-electron chi connectivity index (χ0n) is 11.1. The SMILES string of the molecule is Cc1ccc(N=c2scc(C)n2C2CC2)cc1C. The normalized spacial score (nSPS) is 16.3. The summed E-state index contributed by atoms with van der Waals surface area (Å²) in [6.45, 7) is 6.45. The highest BCUT2D eigenvalue weighted by molar-refractivity contribution is 7.07. The van der Waals surface area contributed by atoms with Crippen LogP contribution in [-0.4, -0.2) is 4.57 Å². The van der Waals surface area contributed by atoms with Gasteiger partial charge >= 0.3 is 0 Å². The van der Waals surface area contributed by atoms with E-state index in [9.17, 15) is 0 Å². The van der Waals surface area contributed by atoms with E-state index >= 15 is 0 Å². The Morgan fingerprint density at radius 1 is 1.17 bits per heavy atom. The van der Waals surface area contributed by atoms with Crippen LogP contribution in [0.15, 0.2) is 28.6 Å². The van der Waals surface area contributed by atoms with Gasteiger partial charge in [0, 0.05) is 17.1 Å². The Labute approximate surface area is 112 Å². The van der Waals surface area contributed by atoms with Gasteiger partial charge in [-0.2, -0.15) is 0 Å². The van der Waals surface area contributed by atoms with Gasteiger partial charge in [0.15, 0.2) is 4.80 Å². The Balaban J connectivity index is 2.08. The van der Waals surface area contributed by atoms with Crippen LogP contribution in [0.1, 0.15) is 35.7 Å². The zero-order valence-corrected chi connectivity index (χ0v) is 11.9. The first-order valence-corrected chi connectivity index (χ1v) is 7.32. The second kappa shape index (κ2) is 4.39. The molecule has 0 N–H and O–H groups in total. The molecule has 1 aromatic heterocycles. The number of hydrogen-bond donors (Lipinski definition) is 0. The highest BCUT2D eigenvalue weighted by Crippen LogP contribution is 2.35. The van der Waals surface area contributed by atoms with Crippen molar-refractivity contribution in [3.05, 3.63) is 45.2 Å². The minimum atomic E-state index is 0.696. The molecule has 1 aromatic carbocycles. The molecular weight excluding hydrogens is 240 g/mol. The minimum absolute atomic E-state index is 0.696. The summed E-state index contributed by atoms with van der Waals surface area (Å²) < 4.78 is 2.39. The van der Waals surface area contributed by atoms with Crippen LogP contribution in [0.5, 0.6) is 0 Å². The van der Waals surface area contributed by atoms with Crippen LogP contribution >= 0.6 is 11.3 Å². The topological polar surface area (TPSA) is 17.3 Å². The second-order valence-electron chi connectivity index (χ2n) is 5.14. The molecule has 3 heteroatoms. The molecule has 0 radical (unpaired) electrons. The van der Waals surface area contributed by atoms with Crippen molar-refractivity contribution in [3.63, 3.8) is 0 Å². The second-order valence-corrected chi connectivity index (χ2v) is 5.98. The van der Waals surface area contributed by atoms with Crippen LogP contribution in [0, 0.1) is 20.8 Å². The third kappa shape index (κ3) is 2.15. The third-order valence-electron chi connectivity index (χ3n) is 3.55. The lowest BCUT2D eigenvalue weighted by atomic mass is 10.1. The summed E-state index contributed by atoms with van der Waals surface area (Å²) in [6.07, 6.45) is 2.61. The van der Waals surface area contributed by atoms with E-state index in [0.29, 0.717) is 6.04 Å². The van der Waals surface area contributed by atoms with Gasteiger partial charge in [0.05, 0.1) is 5.69 Å². The van der Waals surface area contributed by atoms with Gasteiger partial charge in [0.2, 0.25) is 0 Å². The quantitative estimate of drug-likeness (QED) is 0.773. The number of rotatable bonds is 2. The van der Waals surface area contributed by atoms with Gasteiger partial charge in [-0.25, -0.2) is 4.99 Å². The maximum atomic E-state index is 4.81. The van der Waals surface area contributed by atoms with E-state index in [1.165, 1.54) is 29.7 Å². The summed E-state index contributed by atoms with van der Waals surface area (Å²) in [4.78, 5) is 5.94. The van der Waals surface area contributed by atoms with Gasteiger partial charge in [0.25, 0.3) is 0 Å². The average molecular weight is 258 g/mol. The van der Waals surface area contributed by atoms with Crippen molar-refractivity contribution in [2.24, 2.45) is 4.99 Å². The van der Waals surface area contributed by atoms with Crippen molar-refractivity contribution in [2.45, 2.75) is 39.7 Å². The third-order valence-corrected chi connectivity index (χ3v) is 4.51. The number of thiazole rings is 1. The first-order chi connectivity index (χ1) is 8.65. The molecule has 1 aliphatic carbocycles. The molecule has 0 unspecified atom stereocenters. The first-order valence-electron chi connectivity index (χ1n) is 6.44. The molecular formula is C15H18N2S. The van der Waals surface area contributed by atoms with Crippen molar-refractivity contribution in [3.8, 4) is 0 Å². The van der Waals surface area contributed by atoms with E-state index in [1.54, 1.807) is 11.3 Å². The molecule has 3 rings (SSSR count). The molecule has 0 bridgehead atoms. The molecule has 18 heavy (non-hydrogen) atoms. The highest BCUT2D eigenvalue weighted by Gasteiger charge is 2.25. The molecule has 94 valence electrons. The average Bonchev–Trinajstić information content (AvgIpc) is 3.10. The molecule has 1 aliphatic rings. The van der Waals surface area contributed by atoms with Gasteiger partial charge < -0.3 is 4.57 Å². The summed E-state index contributed by atoms with van der Waals surface area (Å²) in [7, 11) is 0. The first kappa shape index (κ1) is 11.7. The molecule has 0 amide bonds. The predicted molar refractivity (Wildman–Crippen MR) is 76.5 cm³/mol. The van der Waals surface area contributed by atoms with Crippen LogP contribution in [0.2, 0.25) is 0 Å². The Morgan fingerprint density at radius 2 is 1.94 bits per heavy atom. The van der Waals surface area contributed by atoms with Crippen molar-refractivity contribution < 1.29 is 0 Å². The summed E-state index contributed by atoms with van der Waals surface area (Å²) in [6, 6.07) is 7.12.